The zero-order valence-corrected chi connectivity index (χ0v) is 14.5. The first-order valence-electron chi connectivity index (χ1n) is 8.08. The third-order valence-electron chi connectivity index (χ3n) is 4.20. The van der Waals surface area contributed by atoms with Gasteiger partial charge in [0.05, 0.1) is 11.8 Å². The molecule has 24 heavy (non-hydrogen) atoms. The minimum Gasteiger partial charge on any atom is -0.299 e. The van der Waals surface area contributed by atoms with Crippen molar-refractivity contribution in [3.05, 3.63) is 17.2 Å². The number of rotatable bonds is 5. The molecule has 2 heterocycles. The Bertz CT molecular complexity index is 671. The highest BCUT2D eigenvalue weighted by Gasteiger charge is 2.47. The average Bonchev–Trinajstić information content (AvgIpc) is 3.05. The molecule has 2 atom stereocenters. The molecule has 1 fully saturated rings. The van der Waals surface area contributed by atoms with E-state index in [1.807, 2.05) is 12.2 Å². The molecule has 1 aromatic rings. The van der Waals surface area contributed by atoms with Crippen LogP contribution < -0.4 is 5.32 Å². The van der Waals surface area contributed by atoms with Crippen LogP contribution in [0.3, 0.4) is 0 Å². The fraction of sp³-hybridized carbons (Fsp3) is 0.562. The quantitative estimate of drug-likeness (QED) is 0.645. The Morgan fingerprint density at radius 3 is 2.46 bits per heavy atom. The molecule has 1 N–H and O–H groups in total. The van der Waals surface area contributed by atoms with Crippen LogP contribution in [0.2, 0.25) is 0 Å². The smallest absolute Gasteiger partial charge is 0.246 e. The lowest BCUT2D eigenvalue weighted by Gasteiger charge is -2.14. The second-order valence-electron chi connectivity index (χ2n) is 6.57. The molecule has 0 saturated carbocycles. The summed E-state index contributed by atoms with van der Waals surface area (Å²) in [5.74, 6) is -1.08. The molecule has 1 aliphatic carbocycles. The van der Waals surface area contributed by atoms with Crippen LogP contribution in [0.15, 0.2) is 12.2 Å². The second-order valence-corrected chi connectivity index (χ2v) is 7.63. The van der Waals surface area contributed by atoms with Crippen molar-refractivity contribution in [2.45, 2.75) is 33.1 Å². The molecule has 0 radical (unpaired) electrons. The Morgan fingerprint density at radius 1 is 1.25 bits per heavy atom. The fourth-order valence-electron chi connectivity index (χ4n) is 3.06. The molecule has 1 aromatic heterocycles. The van der Waals surface area contributed by atoms with E-state index < -0.39 is 5.91 Å². The maximum absolute atomic E-state index is 12.3. The molecule has 2 aliphatic rings. The van der Waals surface area contributed by atoms with E-state index in [4.69, 9.17) is 0 Å². The first-order chi connectivity index (χ1) is 11.5. The number of carbonyl (C=O) groups is 3. The van der Waals surface area contributed by atoms with E-state index in [1.54, 1.807) is 0 Å². The van der Waals surface area contributed by atoms with Crippen LogP contribution >= 0.6 is 11.3 Å². The first kappa shape index (κ1) is 16.8. The van der Waals surface area contributed by atoms with Gasteiger partial charge in [-0.15, -0.1) is 10.2 Å². The molecule has 0 bridgehead atoms. The van der Waals surface area contributed by atoms with Crippen LogP contribution in [0.25, 0.3) is 0 Å². The number of fused-ring (bicyclic) bond motifs is 1. The number of amides is 3. The molecular weight excluding hydrogens is 328 g/mol. The summed E-state index contributed by atoms with van der Waals surface area (Å²) in [4.78, 5) is 37.9. The first-order valence-corrected chi connectivity index (χ1v) is 8.89. The van der Waals surface area contributed by atoms with E-state index in [9.17, 15) is 14.4 Å². The van der Waals surface area contributed by atoms with E-state index in [0.29, 0.717) is 23.9 Å². The van der Waals surface area contributed by atoms with Gasteiger partial charge in [-0.05, 0) is 18.8 Å². The average molecular weight is 348 g/mol. The van der Waals surface area contributed by atoms with Gasteiger partial charge in [0, 0.05) is 6.42 Å². The summed E-state index contributed by atoms with van der Waals surface area (Å²) in [6, 6.07) is 0. The van der Waals surface area contributed by atoms with Gasteiger partial charge in [-0.25, -0.2) is 0 Å². The Kier molecular flexibility index (Phi) is 4.75. The SMILES string of the molecule is CC(C)Cc1nnc(NC(=O)CN2C(=O)[C@H]3CC=CC[C@H]3C2=O)s1. The largest absolute Gasteiger partial charge is 0.299 e. The molecule has 3 rings (SSSR count). The van der Waals surface area contributed by atoms with Gasteiger partial charge in [0.2, 0.25) is 22.9 Å². The van der Waals surface area contributed by atoms with Crippen molar-refractivity contribution in [1.29, 1.82) is 0 Å². The van der Waals surface area contributed by atoms with Crippen LogP contribution in [-0.4, -0.2) is 39.4 Å². The van der Waals surface area contributed by atoms with Gasteiger partial charge < -0.3 is 0 Å². The summed E-state index contributed by atoms with van der Waals surface area (Å²) in [5, 5.41) is 11.8. The maximum Gasteiger partial charge on any atom is 0.246 e. The predicted molar refractivity (Wildman–Crippen MR) is 89.2 cm³/mol. The molecule has 8 heteroatoms. The van der Waals surface area contributed by atoms with Gasteiger partial charge in [-0.1, -0.05) is 37.3 Å². The zero-order valence-electron chi connectivity index (χ0n) is 13.7. The van der Waals surface area contributed by atoms with Crippen LogP contribution in [-0.2, 0) is 20.8 Å². The highest BCUT2D eigenvalue weighted by Crippen LogP contribution is 2.34. The maximum atomic E-state index is 12.3. The molecule has 1 saturated heterocycles. The standard InChI is InChI=1S/C16H20N4O3S/c1-9(2)7-13-18-19-16(24-13)17-12(21)8-20-14(22)10-5-3-4-6-11(10)15(20)23/h3-4,9-11H,5-8H2,1-2H3,(H,17,19,21)/t10-,11+. The van der Waals surface area contributed by atoms with E-state index >= 15 is 0 Å². The van der Waals surface area contributed by atoms with Crippen molar-refractivity contribution in [2.24, 2.45) is 17.8 Å². The van der Waals surface area contributed by atoms with Crippen molar-refractivity contribution in [2.75, 3.05) is 11.9 Å². The molecule has 128 valence electrons. The van der Waals surface area contributed by atoms with Gasteiger partial charge in [0.15, 0.2) is 0 Å². The van der Waals surface area contributed by atoms with Gasteiger partial charge in [0.1, 0.15) is 11.6 Å². The van der Waals surface area contributed by atoms with E-state index in [-0.39, 0.29) is 30.2 Å². The Labute approximate surface area is 144 Å². The van der Waals surface area contributed by atoms with Crippen LogP contribution in [0, 0.1) is 17.8 Å². The lowest BCUT2D eigenvalue weighted by Crippen LogP contribution is -2.38. The van der Waals surface area contributed by atoms with Crippen LogP contribution in [0.5, 0.6) is 0 Å². The number of likely N-dealkylation sites (tertiary alicyclic amines) is 1. The number of allylic oxidation sites excluding steroid dienone is 2. The summed E-state index contributed by atoms with van der Waals surface area (Å²) in [6.45, 7) is 3.90. The van der Waals surface area contributed by atoms with E-state index in [1.165, 1.54) is 11.3 Å². The fourth-order valence-corrected chi connectivity index (χ4v) is 4.03. The normalized spacial score (nSPS) is 23.0. The van der Waals surface area contributed by atoms with Crippen molar-refractivity contribution in [3.8, 4) is 0 Å². The molecule has 1 aliphatic heterocycles. The molecule has 7 nitrogen and oxygen atoms in total. The minimum absolute atomic E-state index is 0.248. The number of imide groups is 1. The summed E-state index contributed by atoms with van der Waals surface area (Å²) in [7, 11) is 0. The number of hydrogen-bond acceptors (Lipinski definition) is 6. The molecular formula is C16H20N4O3S. The van der Waals surface area contributed by atoms with Gasteiger partial charge in [-0.2, -0.15) is 0 Å². The zero-order chi connectivity index (χ0) is 17.3. The van der Waals surface area contributed by atoms with Crippen molar-refractivity contribution < 1.29 is 14.4 Å². The van der Waals surface area contributed by atoms with Gasteiger partial charge in [0.25, 0.3) is 0 Å². The monoisotopic (exact) mass is 348 g/mol. The van der Waals surface area contributed by atoms with Crippen molar-refractivity contribution in [3.63, 3.8) is 0 Å². The van der Waals surface area contributed by atoms with E-state index in [0.717, 1.165) is 16.3 Å². The highest BCUT2D eigenvalue weighted by molar-refractivity contribution is 7.15. The van der Waals surface area contributed by atoms with Gasteiger partial charge in [-0.3, -0.25) is 24.6 Å². The van der Waals surface area contributed by atoms with Crippen LogP contribution in [0.1, 0.15) is 31.7 Å². The lowest BCUT2D eigenvalue weighted by atomic mass is 9.85. The van der Waals surface area contributed by atoms with Crippen molar-refractivity contribution >= 4 is 34.2 Å². The third kappa shape index (κ3) is 3.38. The Hall–Kier alpha value is -2.09. The molecule has 0 unspecified atom stereocenters. The summed E-state index contributed by atoms with van der Waals surface area (Å²) in [5.41, 5.74) is 0. The molecule has 0 spiro atoms. The van der Waals surface area contributed by atoms with Crippen LogP contribution in [0.4, 0.5) is 5.13 Å². The number of aromatic nitrogens is 2. The van der Waals surface area contributed by atoms with Crippen molar-refractivity contribution in [1.82, 2.24) is 15.1 Å². The second kappa shape index (κ2) is 6.80. The number of hydrogen-bond donors (Lipinski definition) is 1. The number of nitrogens with zero attached hydrogens (tertiary/aromatic N) is 3. The minimum atomic E-state index is -0.421. The topological polar surface area (TPSA) is 92.3 Å². The third-order valence-corrected chi connectivity index (χ3v) is 5.06. The number of anilines is 1. The van der Waals surface area contributed by atoms with E-state index in [2.05, 4.69) is 29.4 Å². The molecule has 3 amide bonds. The predicted octanol–water partition coefficient (Wildman–Crippen LogP) is 1.63. The summed E-state index contributed by atoms with van der Waals surface area (Å²) < 4.78 is 0. The number of nitrogens with one attached hydrogen (secondary N) is 1. The summed E-state index contributed by atoms with van der Waals surface area (Å²) >= 11 is 1.32. The lowest BCUT2D eigenvalue weighted by molar-refractivity contribution is -0.142. The Morgan fingerprint density at radius 2 is 1.88 bits per heavy atom. The van der Waals surface area contributed by atoms with Gasteiger partial charge >= 0.3 is 0 Å². The Balaban J connectivity index is 1.60. The highest BCUT2D eigenvalue weighted by atomic mass is 32.1. The summed E-state index contributed by atoms with van der Waals surface area (Å²) in [6.07, 6.45) is 5.79. The molecule has 0 aromatic carbocycles. The number of carbonyl (C=O) groups excluding carboxylic acids is 3.